The number of benzene rings is 1. The van der Waals surface area contributed by atoms with Crippen LogP contribution in [0.15, 0.2) is 29.1 Å². The maximum Gasteiger partial charge on any atom is 2.00 e. The van der Waals surface area contributed by atoms with Crippen LogP contribution in [0.25, 0.3) is 0 Å². The molecule has 0 radical (unpaired) electrons. The van der Waals surface area contributed by atoms with Crippen molar-refractivity contribution in [3.63, 3.8) is 0 Å². The van der Waals surface area contributed by atoms with Gasteiger partial charge in [-0.2, -0.15) is 4.98 Å². The molecule has 0 unspecified atom stereocenters. The zero-order chi connectivity index (χ0) is 24.1. The Balaban J connectivity index is 0.00000408. The molecule has 6 N–H and O–H groups in total. The van der Waals surface area contributed by atoms with Gasteiger partial charge in [-0.1, -0.05) is 0 Å². The molecule has 14 heteroatoms. The van der Waals surface area contributed by atoms with Crippen LogP contribution in [0, 0.1) is 0 Å². The second-order valence-corrected chi connectivity index (χ2v) is 7.51. The molecule has 0 saturated heterocycles. The summed E-state index contributed by atoms with van der Waals surface area (Å²) in [7, 11) is 1.78. The van der Waals surface area contributed by atoms with Crippen molar-refractivity contribution in [2.45, 2.75) is 24.9 Å². The van der Waals surface area contributed by atoms with Gasteiger partial charge in [0.15, 0.2) is 0 Å². The van der Waals surface area contributed by atoms with Crippen LogP contribution in [0.3, 0.4) is 0 Å². The number of carboxylic acids is 2. The molecule has 1 aromatic heterocycles. The van der Waals surface area contributed by atoms with Crippen molar-refractivity contribution in [2.75, 3.05) is 41.4 Å². The number of H-pyrrole nitrogens is 1. The fourth-order valence-electron chi connectivity index (χ4n) is 3.42. The number of nitrogen functional groups attached to an aromatic ring is 1. The number of nitrogens with two attached hydrogens (primary N) is 1. The van der Waals surface area contributed by atoms with Crippen molar-refractivity contribution in [3.05, 3.63) is 40.2 Å². The van der Waals surface area contributed by atoms with Crippen molar-refractivity contribution in [3.8, 4) is 0 Å². The number of carbonyl (C=O) groups excluding carboxylic acids is 3. The van der Waals surface area contributed by atoms with Gasteiger partial charge < -0.3 is 51.4 Å². The zero-order valence-electron chi connectivity index (χ0n) is 18.4. The summed E-state index contributed by atoms with van der Waals surface area (Å²) in [6.45, 7) is 1.00. The van der Waals surface area contributed by atoms with E-state index >= 15 is 0 Å². The quantitative estimate of drug-likeness (QED) is 0.217. The average molecular weight is 498 g/mol. The summed E-state index contributed by atoms with van der Waals surface area (Å²) in [5.74, 6) is -3.13. The number of carboxylic acid groups (broad SMARTS) is 2. The Morgan fingerprint density at radius 3 is 2.56 bits per heavy atom. The van der Waals surface area contributed by atoms with Crippen molar-refractivity contribution in [1.82, 2.24) is 15.3 Å². The molecule has 34 heavy (non-hydrogen) atoms. The Labute approximate surface area is 224 Å². The number of hydrogen-bond acceptors (Lipinski definition) is 11. The standard InChI is InChI=1S/C20H25N7O6.Ca/c1-27-12(9-23-16-15(27)18(31)26-20(21)25-16)8-22-11-4-2-10(3-5-11)17(30)24-13(19(32)33)6-7-14(28)29;/h2-5,12-13,22H,6-9H2,1H3,(H,24,30)(H,28,29)(H,32,33)(H4,21,23,25,26,31);/q;+2/p-2/t12-,13-;/m0./s1. The van der Waals surface area contributed by atoms with Gasteiger partial charge in [-0.15, -0.1) is 0 Å². The molecule has 0 aliphatic carbocycles. The van der Waals surface area contributed by atoms with Gasteiger partial charge in [0.1, 0.15) is 11.5 Å². The van der Waals surface area contributed by atoms with Crippen LogP contribution in [-0.4, -0.2) is 97.8 Å². The van der Waals surface area contributed by atoms with E-state index in [1.807, 2.05) is 0 Å². The minimum atomic E-state index is -1.58. The minimum absolute atomic E-state index is 0. The van der Waals surface area contributed by atoms with Gasteiger partial charge in [-0.25, -0.2) is 0 Å². The number of amides is 1. The first kappa shape index (κ1) is 27.2. The van der Waals surface area contributed by atoms with E-state index in [4.69, 9.17) is 5.73 Å². The first-order chi connectivity index (χ1) is 15.7. The van der Waals surface area contributed by atoms with Gasteiger partial charge in [0.05, 0.1) is 18.1 Å². The molecule has 176 valence electrons. The van der Waals surface area contributed by atoms with Gasteiger partial charge >= 0.3 is 37.7 Å². The molecule has 1 aliphatic rings. The predicted octanol–water partition coefficient (Wildman–Crippen LogP) is -3.31. The van der Waals surface area contributed by atoms with E-state index in [0.717, 1.165) is 0 Å². The molecule has 3 rings (SSSR count). The topological polar surface area (TPSA) is 208 Å². The Morgan fingerprint density at radius 1 is 1.26 bits per heavy atom. The summed E-state index contributed by atoms with van der Waals surface area (Å²) in [4.78, 5) is 54.5. The van der Waals surface area contributed by atoms with Crippen molar-refractivity contribution in [2.24, 2.45) is 0 Å². The van der Waals surface area contributed by atoms with Crippen LogP contribution in [0.2, 0.25) is 0 Å². The summed E-state index contributed by atoms with van der Waals surface area (Å²) in [5, 5.41) is 30.2. The van der Waals surface area contributed by atoms with E-state index in [-0.39, 0.29) is 61.7 Å². The van der Waals surface area contributed by atoms with E-state index in [1.54, 1.807) is 24.1 Å². The molecule has 13 nitrogen and oxygen atoms in total. The van der Waals surface area contributed by atoms with Crippen molar-refractivity contribution < 1.29 is 24.6 Å². The predicted molar refractivity (Wildman–Crippen MR) is 121 cm³/mol. The number of likely N-dealkylation sites (N-methyl/N-ethyl adjacent to an activating group) is 1. The van der Waals surface area contributed by atoms with Crippen LogP contribution in [-0.2, 0) is 9.59 Å². The second-order valence-electron chi connectivity index (χ2n) is 7.51. The Bertz CT molecular complexity index is 1110. The van der Waals surface area contributed by atoms with Gasteiger partial charge in [0.25, 0.3) is 11.5 Å². The van der Waals surface area contributed by atoms with Crippen LogP contribution in [0.4, 0.5) is 23.1 Å². The van der Waals surface area contributed by atoms with Crippen LogP contribution in [0.1, 0.15) is 23.2 Å². The molecule has 0 fully saturated rings. The third kappa shape index (κ3) is 6.74. The summed E-state index contributed by atoms with van der Waals surface area (Å²) in [6, 6.07) is 4.75. The normalized spacial score (nSPS) is 15.2. The Hall–Kier alpha value is -3.03. The fraction of sp³-hybridized carbons (Fsp3) is 0.350. The number of carbonyl (C=O) groups is 3. The van der Waals surface area contributed by atoms with Crippen LogP contribution in [0.5, 0.6) is 0 Å². The molecule has 1 aliphatic heterocycles. The Morgan fingerprint density at radius 2 is 1.94 bits per heavy atom. The van der Waals surface area contributed by atoms with Gasteiger partial charge in [-0.05, 0) is 37.1 Å². The second kappa shape index (κ2) is 11.9. The first-order valence-electron chi connectivity index (χ1n) is 10.1. The molecule has 0 spiro atoms. The summed E-state index contributed by atoms with van der Waals surface area (Å²) in [6.07, 6.45) is -0.862. The van der Waals surface area contributed by atoms with E-state index in [2.05, 4.69) is 25.9 Å². The summed E-state index contributed by atoms with van der Waals surface area (Å²) in [5.41, 5.74) is 6.41. The van der Waals surface area contributed by atoms with Crippen molar-refractivity contribution >= 4 is 78.7 Å². The Kier molecular flexibility index (Phi) is 9.53. The number of nitrogens with one attached hydrogen (secondary N) is 4. The van der Waals surface area contributed by atoms with Crippen LogP contribution >= 0.6 is 0 Å². The van der Waals surface area contributed by atoms with E-state index in [1.165, 1.54) is 12.1 Å². The summed E-state index contributed by atoms with van der Waals surface area (Å²) < 4.78 is 0. The maximum absolute atomic E-state index is 12.3. The van der Waals surface area contributed by atoms with Crippen molar-refractivity contribution in [1.29, 1.82) is 0 Å². The van der Waals surface area contributed by atoms with E-state index in [0.29, 0.717) is 30.3 Å². The van der Waals surface area contributed by atoms with Gasteiger partial charge in [0, 0.05) is 37.4 Å². The minimum Gasteiger partial charge on any atom is -0.550 e. The number of hydrogen-bond donors (Lipinski definition) is 5. The molecule has 0 saturated carbocycles. The number of aromatic amines is 1. The zero-order valence-corrected chi connectivity index (χ0v) is 20.6. The SMILES string of the molecule is CN1c2c([nH]c(N)nc2=O)NC[C@@H]1CNc1ccc(C(=O)N[C@@H](CCC(=O)[O-])C(=O)[O-])cc1.[Ca+2]. The third-order valence-corrected chi connectivity index (χ3v) is 5.25. The molecule has 1 aromatic carbocycles. The first-order valence-corrected chi connectivity index (χ1v) is 10.1. The van der Waals surface area contributed by atoms with E-state index < -0.39 is 35.9 Å². The van der Waals surface area contributed by atoms with Crippen LogP contribution < -0.4 is 42.4 Å². The smallest absolute Gasteiger partial charge is 0.550 e. The number of aromatic nitrogens is 2. The number of aliphatic carboxylic acids is 2. The largest absolute Gasteiger partial charge is 2.00 e. The van der Waals surface area contributed by atoms with Gasteiger partial charge in [0.2, 0.25) is 5.95 Å². The average Bonchev–Trinajstić information content (AvgIpc) is 2.75. The fourth-order valence-corrected chi connectivity index (χ4v) is 3.42. The number of fused-ring (bicyclic) bond motifs is 1. The maximum atomic E-state index is 12.3. The van der Waals surface area contributed by atoms with Gasteiger partial charge in [-0.3, -0.25) is 9.59 Å². The molecular formula is C20H23CaN7O6. The molecule has 2 aromatic rings. The molecule has 0 bridgehead atoms. The molecule has 1 amide bonds. The molecule has 2 heterocycles. The number of nitrogens with zero attached hydrogens (tertiary/aromatic N) is 2. The molecular weight excluding hydrogens is 474 g/mol. The number of anilines is 4. The monoisotopic (exact) mass is 497 g/mol. The number of rotatable bonds is 9. The molecule has 2 atom stereocenters. The third-order valence-electron chi connectivity index (χ3n) is 5.25. The summed E-state index contributed by atoms with van der Waals surface area (Å²) >= 11 is 0. The van der Waals surface area contributed by atoms with E-state index in [9.17, 15) is 29.4 Å².